The number of ether oxygens (including phenoxy) is 1. The summed E-state index contributed by atoms with van der Waals surface area (Å²) in [6.45, 7) is 9.63. The minimum Gasteiger partial charge on any atom is -0.379 e. The molecule has 0 spiro atoms. The maximum Gasteiger partial charge on any atom is 0.171 e. The predicted molar refractivity (Wildman–Crippen MR) is 112 cm³/mol. The standard InChI is InChI=1S/C21H27N3OS/c1-16-3-8-20(13-17(16)2)23-21(26)22-14-18-4-6-19(7-5-18)15-24-9-11-25-12-10-24/h3-8,13H,9-12,14-15H2,1-2H3,(H2,22,23,26). The number of aryl methyl sites for hydroxylation is 2. The Morgan fingerprint density at radius 1 is 1.00 bits per heavy atom. The maximum absolute atomic E-state index is 5.40. The van der Waals surface area contributed by atoms with E-state index < -0.39 is 0 Å². The number of hydrogen-bond donors (Lipinski definition) is 2. The second-order valence-electron chi connectivity index (χ2n) is 6.81. The molecule has 3 rings (SSSR count). The average Bonchev–Trinajstić information content (AvgIpc) is 2.65. The molecular weight excluding hydrogens is 342 g/mol. The Balaban J connectivity index is 1.46. The van der Waals surface area contributed by atoms with Crippen molar-refractivity contribution in [3.8, 4) is 0 Å². The molecule has 0 bridgehead atoms. The third-order valence-corrected chi connectivity index (χ3v) is 5.00. The van der Waals surface area contributed by atoms with Crippen molar-refractivity contribution in [3.63, 3.8) is 0 Å². The molecule has 2 aromatic rings. The number of anilines is 1. The molecule has 1 aliphatic rings. The molecule has 0 unspecified atom stereocenters. The highest BCUT2D eigenvalue weighted by Crippen LogP contribution is 2.14. The van der Waals surface area contributed by atoms with Gasteiger partial charge in [0.05, 0.1) is 13.2 Å². The SMILES string of the molecule is Cc1ccc(NC(=S)NCc2ccc(CN3CCOCC3)cc2)cc1C. The van der Waals surface area contributed by atoms with Gasteiger partial charge in [-0.25, -0.2) is 0 Å². The summed E-state index contributed by atoms with van der Waals surface area (Å²) >= 11 is 5.40. The van der Waals surface area contributed by atoms with Crippen LogP contribution in [0.1, 0.15) is 22.3 Å². The molecule has 0 saturated carbocycles. The average molecular weight is 370 g/mol. The second-order valence-corrected chi connectivity index (χ2v) is 7.22. The molecular formula is C21H27N3OS. The third-order valence-electron chi connectivity index (χ3n) is 4.75. The van der Waals surface area contributed by atoms with Crippen LogP contribution in [0.5, 0.6) is 0 Å². The number of hydrogen-bond acceptors (Lipinski definition) is 3. The van der Waals surface area contributed by atoms with E-state index in [0.717, 1.165) is 38.5 Å². The Hall–Kier alpha value is -1.95. The summed E-state index contributed by atoms with van der Waals surface area (Å²) in [6.07, 6.45) is 0. The number of morpholine rings is 1. The van der Waals surface area contributed by atoms with Gasteiger partial charge in [-0.15, -0.1) is 0 Å². The highest BCUT2D eigenvalue weighted by atomic mass is 32.1. The summed E-state index contributed by atoms with van der Waals surface area (Å²) in [5.74, 6) is 0. The van der Waals surface area contributed by atoms with Crippen LogP contribution in [-0.4, -0.2) is 36.3 Å². The van der Waals surface area contributed by atoms with E-state index in [0.29, 0.717) is 11.7 Å². The van der Waals surface area contributed by atoms with E-state index in [4.69, 9.17) is 17.0 Å². The summed E-state index contributed by atoms with van der Waals surface area (Å²) in [5.41, 5.74) is 6.12. The Kier molecular flexibility index (Phi) is 6.61. The normalized spacial score (nSPS) is 14.8. The Morgan fingerprint density at radius 3 is 2.38 bits per heavy atom. The molecule has 1 fully saturated rings. The van der Waals surface area contributed by atoms with Gasteiger partial charge < -0.3 is 15.4 Å². The zero-order valence-electron chi connectivity index (χ0n) is 15.5. The zero-order chi connectivity index (χ0) is 18.4. The van der Waals surface area contributed by atoms with Crippen molar-refractivity contribution in [3.05, 3.63) is 64.7 Å². The van der Waals surface area contributed by atoms with Gasteiger partial charge in [-0.05, 0) is 60.5 Å². The van der Waals surface area contributed by atoms with E-state index in [9.17, 15) is 0 Å². The van der Waals surface area contributed by atoms with Crippen molar-refractivity contribution >= 4 is 23.0 Å². The lowest BCUT2D eigenvalue weighted by molar-refractivity contribution is 0.0342. The molecule has 0 amide bonds. The van der Waals surface area contributed by atoms with Crippen molar-refractivity contribution in [2.45, 2.75) is 26.9 Å². The van der Waals surface area contributed by atoms with Crippen molar-refractivity contribution < 1.29 is 4.74 Å². The van der Waals surface area contributed by atoms with Crippen LogP contribution in [0.4, 0.5) is 5.69 Å². The van der Waals surface area contributed by atoms with Crippen LogP contribution in [0.15, 0.2) is 42.5 Å². The van der Waals surface area contributed by atoms with Gasteiger partial charge in [0.25, 0.3) is 0 Å². The number of nitrogens with zero attached hydrogens (tertiary/aromatic N) is 1. The predicted octanol–water partition coefficient (Wildman–Crippen LogP) is 3.62. The molecule has 0 atom stereocenters. The largest absolute Gasteiger partial charge is 0.379 e. The van der Waals surface area contributed by atoms with Gasteiger partial charge >= 0.3 is 0 Å². The Labute approximate surface area is 161 Å². The van der Waals surface area contributed by atoms with Gasteiger partial charge in [0.2, 0.25) is 0 Å². The highest BCUT2D eigenvalue weighted by Gasteiger charge is 2.10. The molecule has 5 heteroatoms. The van der Waals surface area contributed by atoms with Gasteiger partial charge in [0.15, 0.2) is 5.11 Å². The molecule has 4 nitrogen and oxygen atoms in total. The zero-order valence-corrected chi connectivity index (χ0v) is 16.4. The fourth-order valence-corrected chi connectivity index (χ4v) is 3.15. The summed E-state index contributed by atoms with van der Waals surface area (Å²) in [5, 5.41) is 7.17. The van der Waals surface area contributed by atoms with E-state index in [1.807, 2.05) is 0 Å². The number of nitrogens with one attached hydrogen (secondary N) is 2. The molecule has 0 aliphatic carbocycles. The Morgan fingerprint density at radius 2 is 1.69 bits per heavy atom. The van der Waals surface area contributed by atoms with E-state index in [-0.39, 0.29) is 0 Å². The minimum absolute atomic E-state index is 0.644. The first-order chi connectivity index (χ1) is 12.6. The third kappa shape index (κ3) is 5.53. The van der Waals surface area contributed by atoms with Gasteiger partial charge in [-0.2, -0.15) is 0 Å². The van der Waals surface area contributed by atoms with E-state index in [1.165, 1.54) is 22.3 Å². The number of thiocarbonyl (C=S) groups is 1. The fourth-order valence-electron chi connectivity index (χ4n) is 2.96. The Bertz CT molecular complexity index is 739. The monoisotopic (exact) mass is 369 g/mol. The topological polar surface area (TPSA) is 36.5 Å². The van der Waals surface area contributed by atoms with Gasteiger partial charge in [-0.3, -0.25) is 4.90 Å². The molecule has 0 radical (unpaired) electrons. The molecule has 1 saturated heterocycles. The van der Waals surface area contributed by atoms with Gasteiger partial charge in [0.1, 0.15) is 0 Å². The first-order valence-electron chi connectivity index (χ1n) is 9.10. The lowest BCUT2D eigenvalue weighted by Gasteiger charge is -2.26. The summed E-state index contributed by atoms with van der Waals surface area (Å²) < 4.78 is 5.40. The molecule has 138 valence electrons. The maximum atomic E-state index is 5.40. The van der Waals surface area contributed by atoms with Crippen LogP contribution >= 0.6 is 12.2 Å². The summed E-state index contributed by atoms with van der Waals surface area (Å²) in [6, 6.07) is 15.0. The molecule has 1 aliphatic heterocycles. The van der Waals surface area contributed by atoms with Crippen LogP contribution in [0.3, 0.4) is 0 Å². The van der Waals surface area contributed by atoms with Crippen LogP contribution in [0.2, 0.25) is 0 Å². The minimum atomic E-state index is 0.644. The lowest BCUT2D eigenvalue weighted by Crippen LogP contribution is -2.35. The van der Waals surface area contributed by atoms with Crippen LogP contribution in [0.25, 0.3) is 0 Å². The van der Waals surface area contributed by atoms with Crippen LogP contribution < -0.4 is 10.6 Å². The summed E-state index contributed by atoms with van der Waals surface area (Å²) in [7, 11) is 0. The fraction of sp³-hybridized carbons (Fsp3) is 0.381. The van der Waals surface area contributed by atoms with Crippen molar-refractivity contribution in [1.29, 1.82) is 0 Å². The van der Waals surface area contributed by atoms with Crippen molar-refractivity contribution in [2.75, 3.05) is 31.6 Å². The molecule has 2 aromatic carbocycles. The first kappa shape index (κ1) is 18.8. The van der Waals surface area contributed by atoms with Crippen molar-refractivity contribution in [2.24, 2.45) is 0 Å². The second kappa shape index (κ2) is 9.12. The van der Waals surface area contributed by atoms with Crippen molar-refractivity contribution in [1.82, 2.24) is 10.2 Å². The molecule has 2 N–H and O–H groups in total. The highest BCUT2D eigenvalue weighted by molar-refractivity contribution is 7.80. The molecule has 1 heterocycles. The van der Waals surface area contributed by atoms with Gasteiger partial charge in [-0.1, -0.05) is 30.3 Å². The van der Waals surface area contributed by atoms with Crippen LogP contribution in [-0.2, 0) is 17.8 Å². The molecule has 26 heavy (non-hydrogen) atoms. The smallest absolute Gasteiger partial charge is 0.171 e. The van der Waals surface area contributed by atoms with Crippen LogP contribution in [0, 0.1) is 13.8 Å². The van der Waals surface area contributed by atoms with E-state index in [2.05, 4.69) is 71.8 Å². The first-order valence-corrected chi connectivity index (χ1v) is 9.51. The quantitative estimate of drug-likeness (QED) is 0.787. The number of rotatable bonds is 5. The number of benzene rings is 2. The van der Waals surface area contributed by atoms with E-state index in [1.54, 1.807) is 0 Å². The lowest BCUT2D eigenvalue weighted by atomic mass is 10.1. The molecule has 0 aromatic heterocycles. The van der Waals surface area contributed by atoms with E-state index >= 15 is 0 Å². The summed E-state index contributed by atoms with van der Waals surface area (Å²) in [4.78, 5) is 2.43. The van der Waals surface area contributed by atoms with Gasteiger partial charge in [0, 0.05) is 31.9 Å².